The van der Waals surface area contributed by atoms with Crippen LogP contribution in [-0.2, 0) is 17.8 Å². The maximum Gasteiger partial charge on any atom is 0.257 e. The van der Waals surface area contributed by atoms with Crippen molar-refractivity contribution >= 4 is 5.91 Å². The Kier molecular flexibility index (Phi) is 5.30. The standard InChI is InChI=1S/C17H25N5O2/c1-3-7-22-13-16(14(2)19-22)17(23)20-8-5-10-24-15(11-20)12-21-9-4-6-18-21/h4,6,9,13,15H,3,5,7-8,10-12H2,1-2H3/t15-/m1/s1. The van der Waals surface area contributed by atoms with Crippen LogP contribution in [0.2, 0.25) is 0 Å². The second kappa shape index (κ2) is 7.61. The van der Waals surface area contributed by atoms with E-state index in [0.29, 0.717) is 31.8 Å². The van der Waals surface area contributed by atoms with Crippen LogP contribution in [0.1, 0.15) is 35.8 Å². The zero-order valence-corrected chi connectivity index (χ0v) is 14.4. The number of hydrogen-bond donors (Lipinski definition) is 0. The summed E-state index contributed by atoms with van der Waals surface area (Å²) < 4.78 is 9.60. The van der Waals surface area contributed by atoms with Crippen molar-refractivity contribution in [2.24, 2.45) is 0 Å². The molecule has 3 heterocycles. The first-order chi connectivity index (χ1) is 11.7. The van der Waals surface area contributed by atoms with E-state index in [2.05, 4.69) is 17.1 Å². The van der Waals surface area contributed by atoms with Crippen LogP contribution in [0, 0.1) is 6.92 Å². The highest BCUT2D eigenvalue weighted by molar-refractivity contribution is 5.95. The van der Waals surface area contributed by atoms with Gasteiger partial charge in [0, 0.05) is 44.8 Å². The minimum atomic E-state index is -0.0395. The first-order valence-electron chi connectivity index (χ1n) is 8.59. The van der Waals surface area contributed by atoms with Crippen molar-refractivity contribution in [1.82, 2.24) is 24.5 Å². The summed E-state index contributed by atoms with van der Waals surface area (Å²) in [6, 6.07) is 1.89. The van der Waals surface area contributed by atoms with Gasteiger partial charge in [0.05, 0.1) is 23.9 Å². The van der Waals surface area contributed by atoms with Crippen LogP contribution in [-0.4, -0.2) is 56.2 Å². The molecule has 3 rings (SSSR count). The lowest BCUT2D eigenvalue weighted by molar-refractivity contribution is 0.0367. The van der Waals surface area contributed by atoms with Gasteiger partial charge >= 0.3 is 0 Å². The minimum absolute atomic E-state index is 0.0395. The number of aryl methyl sites for hydroxylation is 2. The van der Waals surface area contributed by atoms with Gasteiger partial charge in [0.25, 0.3) is 5.91 Å². The number of hydrogen-bond acceptors (Lipinski definition) is 4. The molecule has 1 aliphatic rings. The van der Waals surface area contributed by atoms with Gasteiger partial charge in [0.1, 0.15) is 0 Å². The molecule has 1 aliphatic heterocycles. The molecule has 130 valence electrons. The summed E-state index contributed by atoms with van der Waals surface area (Å²) >= 11 is 0. The molecule has 0 bridgehead atoms. The Bertz CT molecular complexity index is 665. The lowest BCUT2D eigenvalue weighted by Gasteiger charge is -2.23. The van der Waals surface area contributed by atoms with Crippen LogP contribution < -0.4 is 0 Å². The Hall–Kier alpha value is -2.15. The van der Waals surface area contributed by atoms with Crippen molar-refractivity contribution < 1.29 is 9.53 Å². The Morgan fingerprint density at radius 2 is 2.29 bits per heavy atom. The highest BCUT2D eigenvalue weighted by atomic mass is 16.5. The van der Waals surface area contributed by atoms with Crippen molar-refractivity contribution in [2.75, 3.05) is 19.7 Å². The predicted octanol–water partition coefficient (Wildman–Crippen LogP) is 1.73. The molecule has 1 saturated heterocycles. The third-order valence-corrected chi connectivity index (χ3v) is 4.22. The Morgan fingerprint density at radius 1 is 1.42 bits per heavy atom. The van der Waals surface area contributed by atoms with Gasteiger partial charge in [-0.05, 0) is 25.8 Å². The molecule has 0 saturated carbocycles. The zero-order chi connectivity index (χ0) is 16.9. The highest BCUT2D eigenvalue weighted by Crippen LogP contribution is 2.15. The summed E-state index contributed by atoms with van der Waals surface area (Å²) in [4.78, 5) is 14.8. The molecule has 24 heavy (non-hydrogen) atoms. The van der Waals surface area contributed by atoms with Gasteiger partial charge in [0.15, 0.2) is 0 Å². The largest absolute Gasteiger partial charge is 0.374 e. The van der Waals surface area contributed by atoms with Crippen molar-refractivity contribution in [3.05, 3.63) is 35.9 Å². The van der Waals surface area contributed by atoms with Gasteiger partial charge in [-0.15, -0.1) is 0 Å². The maximum absolute atomic E-state index is 12.9. The highest BCUT2D eigenvalue weighted by Gasteiger charge is 2.26. The average molecular weight is 331 g/mol. The maximum atomic E-state index is 12.9. The van der Waals surface area contributed by atoms with E-state index >= 15 is 0 Å². The average Bonchev–Trinajstić information content (AvgIpc) is 3.12. The van der Waals surface area contributed by atoms with E-state index in [9.17, 15) is 4.79 Å². The van der Waals surface area contributed by atoms with E-state index in [4.69, 9.17) is 4.74 Å². The van der Waals surface area contributed by atoms with Crippen LogP contribution in [0.3, 0.4) is 0 Å². The van der Waals surface area contributed by atoms with Gasteiger partial charge in [-0.1, -0.05) is 6.92 Å². The van der Waals surface area contributed by atoms with Crippen LogP contribution in [0.5, 0.6) is 0 Å². The quantitative estimate of drug-likeness (QED) is 0.837. The first-order valence-corrected chi connectivity index (χ1v) is 8.59. The monoisotopic (exact) mass is 331 g/mol. The predicted molar refractivity (Wildman–Crippen MR) is 89.7 cm³/mol. The molecule has 0 unspecified atom stereocenters. The Balaban J connectivity index is 1.70. The van der Waals surface area contributed by atoms with Crippen LogP contribution in [0.15, 0.2) is 24.7 Å². The molecule has 0 radical (unpaired) electrons. The van der Waals surface area contributed by atoms with E-state index < -0.39 is 0 Å². The van der Waals surface area contributed by atoms with Gasteiger partial charge in [-0.25, -0.2) is 0 Å². The van der Waals surface area contributed by atoms with Crippen LogP contribution >= 0.6 is 0 Å². The lowest BCUT2D eigenvalue weighted by Crippen LogP contribution is -2.38. The van der Waals surface area contributed by atoms with E-state index in [1.165, 1.54) is 0 Å². The smallest absolute Gasteiger partial charge is 0.257 e. The molecular formula is C17H25N5O2. The Labute approximate surface area is 142 Å². The molecule has 7 nitrogen and oxygen atoms in total. The van der Waals surface area contributed by atoms with Gasteiger partial charge in [-0.2, -0.15) is 10.2 Å². The lowest BCUT2D eigenvalue weighted by atomic mass is 10.2. The van der Waals surface area contributed by atoms with E-state index in [1.807, 2.05) is 39.6 Å². The number of ether oxygens (including phenoxy) is 1. The number of nitrogens with zero attached hydrogens (tertiary/aromatic N) is 5. The Morgan fingerprint density at radius 3 is 3.04 bits per heavy atom. The van der Waals surface area contributed by atoms with E-state index in [-0.39, 0.29) is 12.0 Å². The van der Waals surface area contributed by atoms with E-state index in [0.717, 1.165) is 25.1 Å². The molecule has 0 aromatic carbocycles. The molecule has 1 amide bonds. The topological polar surface area (TPSA) is 65.2 Å². The van der Waals surface area contributed by atoms with Crippen molar-refractivity contribution in [3.63, 3.8) is 0 Å². The number of rotatable bonds is 5. The first kappa shape index (κ1) is 16.7. The normalized spacial score (nSPS) is 18.6. The number of carbonyl (C=O) groups is 1. The van der Waals surface area contributed by atoms with Crippen molar-refractivity contribution in [3.8, 4) is 0 Å². The third-order valence-electron chi connectivity index (χ3n) is 4.22. The molecule has 0 spiro atoms. The molecule has 7 heteroatoms. The molecule has 2 aromatic heterocycles. The fraction of sp³-hybridized carbons (Fsp3) is 0.588. The molecule has 0 aliphatic carbocycles. The molecule has 2 aromatic rings. The van der Waals surface area contributed by atoms with Crippen LogP contribution in [0.4, 0.5) is 0 Å². The zero-order valence-electron chi connectivity index (χ0n) is 14.4. The third kappa shape index (κ3) is 3.84. The number of aromatic nitrogens is 4. The second-order valence-electron chi connectivity index (χ2n) is 6.22. The summed E-state index contributed by atoms with van der Waals surface area (Å²) in [6.45, 7) is 7.46. The second-order valence-corrected chi connectivity index (χ2v) is 6.22. The van der Waals surface area contributed by atoms with Gasteiger partial charge in [-0.3, -0.25) is 14.2 Å². The fourth-order valence-electron chi connectivity index (χ4n) is 3.05. The van der Waals surface area contributed by atoms with Crippen molar-refractivity contribution in [1.29, 1.82) is 0 Å². The van der Waals surface area contributed by atoms with Gasteiger partial charge < -0.3 is 9.64 Å². The summed E-state index contributed by atoms with van der Waals surface area (Å²) in [5.41, 5.74) is 1.49. The molecular weight excluding hydrogens is 306 g/mol. The SMILES string of the molecule is CCCn1cc(C(=O)N2CCCO[C@@H](Cn3cccn3)C2)c(C)n1. The van der Waals surface area contributed by atoms with Crippen molar-refractivity contribution in [2.45, 2.75) is 45.9 Å². The fourth-order valence-corrected chi connectivity index (χ4v) is 3.05. The molecule has 1 atom stereocenters. The summed E-state index contributed by atoms with van der Waals surface area (Å²) in [6.07, 6.45) is 7.35. The minimum Gasteiger partial charge on any atom is -0.374 e. The summed E-state index contributed by atoms with van der Waals surface area (Å²) in [5, 5.41) is 8.67. The summed E-state index contributed by atoms with van der Waals surface area (Å²) in [5.74, 6) is 0.0471. The van der Waals surface area contributed by atoms with Gasteiger partial charge in [0.2, 0.25) is 0 Å². The summed E-state index contributed by atoms with van der Waals surface area (Å²) in [7, 11) is 0. The molecule has 1 fully saturated rings. The molecule has 0 N–H and O–H groups in total. The number of carbonyl (C=O) groups excluding carboxylic acids is 1. The number of amides is 1. The van der Waals surface area contributed by atoms with E-state index in [1.54, 1.807) is 6.20 Å². The van der Waals surface area contributed by atoms with Crippen LogP contribution in [0.25, 0.3) is 0 Å².